The summed E-state index contributed by atoms with van der Waals surface area (Å²) in [6.45, 7) is 4.51. The molecular formula is C19H23F3N2O2. The van der Waals surface area contributed by atoms with Crippen molar-refractivity contribution in [1.29, 1.82) is 0 Å². The van der Waals surface area contributed by atoms with Crippen LogP contribution in [0, 0.1) is 13.8 Å². The van der Waals surface area contributed by atoms with Crippen LogP contribution in [0.5, 0.6) is 0 Å². The minimum atomic E-state index is -4.37. The van der Waals surface area contributed by atoms with Crippen molar-refractivity contribution < 1.29 is 22.7 Å². The molecule has 2 aromatic rings. The molecule has 1 atom stereocenters. The average molecular weight is 368 g/mol. The van der Waals surface area contributed by atoms with Gasteiger partial charge in [0.15, 0.2) is 0 Å². The predicted octanol–water partition coefficient (Wildman–Crippen LogP) is 3.85. The molecule has 1 unspecified atom stereocenters. The van der Waals surface area contributed by atoms with Gasteiger partial charge >= 0.3 is 6.18 Å². The molecule has 0 saturated heterocycles. The van der Waals surface area contributed by atoms with Crippen molar-refractivity contribution in [3.8, 4) is 0 Å². The number of alkyl halides is 3. The zero-order valence-electron chi connectivity index (χ0n) is 15.1. The fourth-order valence-corrected chi connectivity index (χ4v) is 2.73. The standard InChI is InChI=1S/C19H23F3N2O2/c1-13(11-26-12-19(20,21)22)23-18(25)17-9-14(2)24(15(17)3)10-16-7-5-4-6-8-16/h4-9,13H,10-12H2,1-3H3,(H,23,25). The lowest BCUT2D eigenvalue weighted by atomic mass is 10.2. The Labute approximate surface area is 151 Å². The molecule has 7 heteroatoms. The third-order valence-corrected chi connectivity index (χ3v) is 4.01. The molecule has 1 N–H and O–H groups in total. The second-order valence-corrected chi connectivity index (χ2v) is 6.36. The molecule has 0 saturated carbocycles. The van der Waals surface area contributed by atoms with Gasteiger partial charge < -0.3 is 14.6 Å². The SMILES string of the molecule is Cc1cc(C(=O)NC(C)COCC(F)(F)F)c(C)n1Cc1ccccc1. The Morgan fingerprint density at radius 2 is 1.88 bits per heavy atom. The zero-order valence-corrected chi connectivity index (χ0v) is 15.1. The van der Waals surface area contributed by atoms with Crippen molar-refractivity contribution in [3.63, 3.8) is 0 Å². The monoisotopic (exact) mass is 368 g/mol. The molecule has 0 spiro atoms. The van der Waals surface area contributed by atoms with Crippen LogP contribution in [0.15, 0.2) is 36.4 Å². The van der Waals surface area contributed by atoms with E-state index in [1.54, 1.807) is 13.0 Å². The van der Waals surface area contributed by atoms with E-state index in [-0.39, 0.29) is 12.5 Å². The van der Waals surface area contributed by atoms with Gasteiger partial charge in [-0.15, -0.1) is 0 Å². The molecule has 1 aromatic heterocycles. The molecule has 4 nitrogen and oxygen atoms in total. The molecule has 0 aliphatic rings. The largest absolute Gasteiger partial charge is 0.411 e. The molecule has 1 heterocycles. The highest BCUT2D eigenvalue weighted by Crippen LogP contribution is 2.18. The van der Waals surface area contributed by atoms with E-state index in [2.05, 4.69) is 10.1 Å². The molecule has 0 fully saturated rings. The first kappa shape index (κ1) is 20.0. The van der Waals surface area contributed by atoms with Crippen LogP contribution in [-0.2, 0) is 11.3 Å². The Kier molecular flexibility index (Phi) is 6.47. The van der Waals surface area contributed by atoms with Gasteiger partial charge in [0.1, 0.15) is 6.61 Å². The van der Waals surface area contributed by atoms with Crippen LogP contribution in [0.4, 0.5) is 13.2 Å². The molecule has 1 aromatic carbocycles. The van der Waals surface area contributed by atoms with Crippen LogP contribution in [-0.4, -0.2) is 35.9 Å². The van der Waals surface area contributed by atoms with Crippen LogP contribution in [0.3, 0.4) is 0 Å². The topological polar surface area (TPSA) is 43.3 Å². The molecular weight excluding hydrogens is 345 g/mol. The van der Waals surface area contributed by atoms with E-state index in [1.807, 2.05) is 48.7 Å². The number of amides is 1. The molecule has 142 valence electrons. The summed E-state index contributed by atoms with van der Waals surface area (Å²) in [6, 6.07) is 11.1. The first-order valence-electron chi connectivity index (χ1n) is 8.33. The second-order valence-electron chi connectivity index (χ2n) is 6.36. The normalized spacial score (nSPS) is 12.8. The number of hydrogen-bond donors (Lipinski definition) is 1. The number of carbonyl (C=O) groups excluding carboxylic acids is 1. The second kappa shape index (κ2) is 8.40. The van der Waals surface area contributed by atoms with Crippen LogP contribution in [0.25, 0.3) is 0 Å². The van der Waals surface area contributed by atoms with Crippen molar-refractivity contribution in [2.24, 2.45) is 0 Å². The van der Waals surface area contributed by atoms with Crippen molar-refractivity contribution >= 4 is 5.91 Å². The van der Waals surface area contributed by atoms with Gasteiger partial charge in [-0.05, 0) is 32.4 Å². The average Bonchev–Trinajstić information content (AvgIpc) is 2.83. The van der Waals surface area contributed by atoms with Crippen LogP contribution in [0.1, 0.15) is 34.2 Å². The summed E-state index contributed by atoms with van der Waals surface area (Å²) >= 11 is 0. The Morgan fingerprint density at radius 1 is 1.23 bits per heavy atom. The van der Waals surface area contributed by atoms with Gasteiger partial charge in [-0.1, -0.05) is 30.3 Å². The quantitative estimate of drug-likeness (QED) is 0.807. The van der Waals surface area contributed by atoms with Gasteiger partial charge in [0.05, 0.1) is 12.2 Å². The van der Waals surface area contributed by atoms with Crippen molar-refractivity contribution in [3.05, 3.63) is 58.9 Å². The predicted molar refractivity (Wildman–Crippen MR) is 93.3 cm³/mol. The molecule has 2 rings (SSSR count). The van der Waals surface area contributed by atoms with E-state index in [0.29, 0.717) is 12.1 Å². The number of nitrogens with zero attached hydrogens (tertiary/aromatic N) is 1. The summed E-state index contributed by atoms with van der Waals surface area (Å²) in [5, 5.41) is 2.68. The fraction of sp³-hybridized carbons (Fsp3) is 0.421. The number of aryl methyl sites for hydroxylation is 1. The number of carbonyl (C=O) groups is 1. The lowest BCUT2D eigenvalue weighted by Crippen LogP contribution is -2.37. The molecule has 1 amide bonds. The number of rotatable bonds is 7. The van der Waals surface area contributed by atoms with Gasteiger partial charge in [0.25, 0.3) is 5.91 Å². The first-order valence-corrected chi connectivity index (χ1v) is 8.33. The first-order chi connectivity index (χ1) is 12.2. The maximum atomic E-state index is 12.5. The van der Waals surface area contributed by atoms with Crippen LogP contribution in [0.2, 0.25) is 0 Å². The number of ether oxygens (including phenoxy) is 1. The number of nitrogens with one attached hydrogen (secondary N) is 1. The number of benzene rings is 1. The maximum absolute atomic E-state index is 12.5. The van der Waals surface area contributed by atoms with E-state index < -0.39 is 18.8 Å². The Hall–Kier alpha value is -2.28. The highest BCUT2D eigenvalue weighted by atomic mass is 19.4. The van der Waals surface area contributed by atoms with Gasteiger partial charge in [0.2, 0.25) is 0 Å². The summed E-state index contributed by atoms with van der Waals surface area (Å²) in [5.74, 6) is -0.319. The molecule has 0 aliphatic carbocycles. The fourth-order valence-electron chi connectivity index (χ4n) is 2.73. The summed E-state index contributed by atoms with van der Waals surface area (Å²) in [4.78, 5) is 12.5. The third-order valence-electron chi connectivity index (χ3n) is 4.01. The summed E-state index contributed by atoms with van der Waals surface area (Å²) in [6.07, 6.45) is -4.37. The third kappa shape index (κ3) is 5.62. The minimum absolute atomic E-state index is 0.200. The highest BCUT2D eigenvalue weighted by Gasteiger charge is 2.27. The highest BCUT2D eigenvalue weighted by molar-refractivity contribution is 5.95. The molecule has 0 bridgehead atoms. The minimum Gasteiger partial charge on any atom is -0.370 e. The Bertz CT molecular complexity index is 739. The van der Waals surface area contributed by atoms with Crippen LogP contribution < -0.4 is 5.32 Å². The van der Waals surface area contributed by atoms with Gasteiger partial charge in [-0.3, -0.25) is 4.79 Å². The number of hydrogen-bond acceptors (Lipinski definition) is 2. The van der Waals surface area contributed by atoms with E-state index in [9.17, 15) is 18.0 Å². The summed E-state index contributed by atoms with van der Waals surface area (Å²) < 4.78 is 42.9. The van der Waals surface area contributed by atoms with Gasteiger partial charge in [-0.2, -0.15) is 13.2 Å². The van der Waals surface area contributed by atoms with E-state index in [0.717, 1.165) is 17.0 Å². The van der Waals surface area contributed by atoms with Gasteiger partial charge in [-0.25, -0.2) is 0 Å². The zero-order chi connectivity index (χ0) is 19.3. The lowest BCUT2D eigenvalue weighted by Gasteiger charge is -2.15. The number of halogens is 3. The van der Waals surface area contributed by atoms with E-state index in [4.69, 9.17) is 0 Å². The lowest BCUT2D eigenvalue weighted by molar-refractivity contribution is -0.174. The summed E-state index contributed by atoms with van der Waals surface area (Å²) in [7, 11) is 0. The molecule has 0 aliphatic heterocycles. The van der Waals surface area contributed by atoms with Crippen LogP contribution >= 0.6 is 0 Å². The Morgan fingerprint density at radius 3 is 2.50 bits per heavy atom. The smallest absolute Gasteiger partial charge is 0.370 e. The van der Waals surface area contributed by atoms with Gasteiger partial charge in [0, 0.05) is 24.0 Å². The summed E-state index contributed by atoms with van der Waals surface area (Å²) in [5.41, 5.74) is 3.39. The molecule has 26 heavy (non-hydrogen) atoms. The number of aromatic nitrogens is 1. The van der Waals surface area contributed by atoms with Crippen molar-refractivity contribution in [2.45, 2.75) is 39.5 Å². The van der Waals surface area contributed by atoms with Crippen molar-refractivity contribution in [1.82, 2.24) is 9.88 Å². The Balaban J connectivity index is 2.00. The van der Waals surface area contributed by atoms with E-state index in [1.165, 1.54) is 0 Å². The maximum Gasteiger partial charge on any atom is 0.411 e. The molecule has 0 radical (unpaired) electrons. The van der Waals surface area contributed by atoms with Crippen molar-refractivity contribution in [2.75, 3.05) is 13.2 Å². The van der Waals surface area contributed by atoms with E-state index >= 15 is 0 Å².